The number of halogens is 1. The van der Waals surface area contributed by atoms with E-state index in [0.717, 1.165) is 5.56 Å². The van der Waals surface area contributed by atoms with Gasteiger partial charge in [-0.1, -0.05) is 0 Å². The van der Waals surface area contributed by atoms with Crippen LogP contribution >= 0.6 is 23.0 Å². The molecule has 1 aliphatic heterocycles. The van der Waals surface area contributed by atoms with Crippen LogP contribution in [-0.2, 0) is 19.7 Å². The number of aromatic nitrogens is 2. The summed E-state index contributed by atoms with van der Waals surface area (Å²) in [6.45, 7) is 5.44. The van der Waals surface area contributed by atoms with Crippen molar-refractivity contribution in [2.75, 3.05) is 0 Å². The molecule has 0 radical (unpaired) electrons. The number of carbonyl (C=O) groups is 1. The van der Waals surface area contributed by atoms with Crippen molar-refractivity contribution in [1.29, 1.82) is 0 Å². The lowest BCUT2D eigenvalue weighted by molar-refractivity contribution is -0.188. The van der Waals surface area contributed by atoms with Gasteiger partial charge in [-0.2, -0.15) is 10.2 Å². The number of amides is 1. The Morgan fingerprint density at radius 1 is 1.55 bits per heavy atom. The first-order chi connectivity index (χ1) is 9.30. The predicted octanol–water partition coefficient (Wildman–Crippen LogP) is 2.73. The van der Waals surface area contributed by atoms with Gasteiger partial charge >= 0.3 is 6.09 Å². The Bertz CT molecular complexity index is 485. The summed E-state index contributed by atoms with van der Waals surface area (Å²) >= 11 is 1.76. The maximum absolute atomic E-state index is 12.2. The first-order valence-corrected chi connectivity index (χ1v) is 7.13. The number of ether oxygens (including phenoxy) is 1. The quantitative estimate of drug-likeness (QED) is 0.721. The number of hydrogen-bond acceptors (Lipinski definition) is 5. The number of hydroxylamine groups is 2. The van der Waals surface area contributed by atoms with Crippen molar-refractivity contribution >= 4 is 29.1 Å². The highest BCUT2D eigenvalue weighted by Crippen LogP contribution is 2.36. The third-order valence-electron chi connectivity index (χ3n) is 2.71. The smallest absolute Gasteiger partial charge is 0.435 e. The molecular weight excluding hydrogens is 377 g/mol. The van der Waals surface area contributed by atoms with Gasteiger partial charge < -0.3 is 4.74 Å². The lowest BCUT2D eigenvalue weighted by Gasteiger charge is -2.26. The molecule has 0 N–H and O–H groups in total. The van der Waals surface area contributed by atoms with E-state index in [1.807, 2.05) is 34.0 Å². The van der Waals surface area contributed by atoms with Crippen LogP contribution in [0.2, 0.25) is 0 Å². The average molecular weight is 395 g/mol. The van der Waals surface area contributed by atoms with Gasteiger partial charge in [0.1, 0.15) is 28.6 Å². The molecule has 0 saturated carbocycles. The fourth-order valence-electron chi connectivity index (χ4n) is 1.93. The van der Waals surface area contributed by atoms with E-state index in [9.17, 15) is 4.79 Å². The molecule has 1 aliphatic rings. The number of nitrogens with zero attached hydrogens (tertiary/aromatic N) is 3. The van der Waals surface area contributed by atoms with Crippen molar-refractivity contribution in [3.8, 4) is 0 Å². The lowest BCUT2D eigenvalue weighted by atomic mass is 10.1. The van der Waals surface area contributed by atoms with Crippen molar-refractivity contribution < 1.29 is 17.4 Å². The van der Waals surface area contributed by atoms with E-state index in [-0.39, 0.29) is 6.04 Å². The summed E-state index contributed by atoms with van der Waals surface area (Å²) in [5.74, 6) is 0. The van der Waals surface area contributed by atoms with Crippen LogP contribution < -0.4 is 0 Å². The monoisotopic (exact) mass is 395 g/mol. The molecule has 2 heterocycles. The molecular formula is C12H18IN3O4. The zero-order valence-electron chi connectivity index (χ0n) is 11.9. The molecule has 20 heavy (non-hydrogen) atoms. The van der Waals surface area contributed by atoms with Crippen LogP contribution in [0.4, 0.5) is 4.79 Å². The highest BCUT2D eigenvalue weighted by molar-refractivity contribution is 14.1. The molecule has 1 fully saturated rings. The van der Waals surface area contributed by atoms with Gasteiger partial charge in [0.2, 0.25) is 0 Å². The Kier molecular flexibility index (Phi) is 4.55. The van der Waals surface area contributed by atoms with Crippen LogP contribution in [-0.4, -0.2) is 32.8 Å². The first-order valence-electron chi connectivity index (χ1n) is 6.25. The summed E-state index contributed by atoms with van der Waals surface area (Å²) in [5.41, 5.74) is 0.303. The molecule has 0 bridgehead atoms. The Balaban J connectivity index is 2.17. The number of rotatable bonds is 2. The van der Waals surface area contributed by atoms with Crippen LogP contribution in [0.25, 0.3) is 0 Å². The van der Waals surface area contributed by atoms with E-state index in [1.54, 1.807) is 33.9 Å². The highest BCUT2D eigenvalue weighted by atomic mass is 127. The van der Waals surface area contributed by atoms with E-state index in [0.29, 0.717) is 6.42 Å². The molecule has 1 saturated heterocycles. The molecule has 112 valence electrons. The van der Waals surface area contributed by atoms with Gasteiger partial charge in [0.15, 0.2) is 6.29 Å². The highest BCUT2D eigenvalue weighted by Gasteiger charge is 2.41. The molecule has 2 unspecified atom stereocenters. The minimum Gasteiger partial charge on any atom is -0.442 e. The number of hydrogen-bond donors (Lipinski definition) is 0. The van der Waals surface area contributed by atoms with Gasteiger partial charge in [-0.25, -0.2) is 9.63 Å². The van der Waals surface area contributed by atoms with E-state index in [2.05, 4.69) is 5.10 Å². The summed E-state index contributed by atoms with van der Waals surface area (Å²) in [6.07, 6.45) is 3.09. The molecule has 2 rings (SSSR count). The summed E-state index contributed by atoms with van der Waals surface area (Å²) in [6, 6.07) is -0.265. The molecule has 1 aromatic rings. The van der Waals surface area contributed by atoms with Crippen LogP contribution in [0.1, 0.15) is 38.8 Å². The molecule has 2 atom stereocenters. The molecule has 0 aliphatic carbocycles. The van der Waals surface area contributed by atoms with E-state index in [1.165, 1.54) is 5.06 Å². The lowest BCUT2D eigenvalue weighted by Crippen LogP contribution is -2.36. The Labute approximate surface area is 131 Å². The van der Waals surface area contributed by atoms with Crippen LogP contribution in [0.5, 0.6) is 0 Å². The Morgan fingerprint density at radius 2 is 2.25 bits per heavy atom. The molecule has 8 heteroatoms. The van der Waals surface area contributed by atoms with Crippen molar-refractivity contribution in [3.05, 3.63) is 18.0 Å². The van der Waals surface area contributed by atoms with Crippen molar-refractivity contribution in [3.63, 3.8) is 0 Å². The summed E-state index contributed by atoms with van der Waals surface area (Å²) in [5, 5.41) is 5.35. The van der Waals surface area contributed by atoms with Gasteiger partial charge in [-0.3, -0.25) is 7.75 Å². The predicted molar refractivity (Wildman–Crippen MR) is 78.6 cm³/mol. The summed E-state index contributed by atoms with van der Waals surface area (Å²) < 4.78 is 12.2. The minimum absolute atomic E-state index is 0.265. The zero-order valence-corrected chi connectivity index (χ0v) is 14.0. The Morgan fingerprint density at radius 3 is 2.75 bits per heavy atom. The number of aryl methyl sites for hydroxylation is 1. The average Bonchev–Trinajstić information content (AvgIpc) is 2.92. The number of carbonyl (C=O) groups excluding carboxylic acids is 1. The maximum atomic E-state index is 12.2. The Hall–Kier alpha value is -0.870. The standard InChI is InChI=1S/C12H18IN3O4/c1-12(2,3)18-11(17)16-9(5-10(19-13)20-16)8-6-14-15(4)7-8/h6-7,9-10H,5H2,1-4H3. The summed E-state index contributed by atoms with van der Waals surface area (Å²) in [7, 11) is 1.82. The van der Waals surface area contributed by atoms with Crippen LogP contribution in [0.3, 0.4) is 0 Å². The van der Waals surface area contributed by atoms with Crippen LogP contribution in [0, 0.1) is 0 Å². The van der Waals surface area contributed by atoms with Crippen molar-refractivity contribution in [2.24, 2.45) is 7.05 Å². The second-order valence-electron chi connectivity index (χ2n) is 5.63. The third kappa shape index (κ3) is 3.61. The molecule has 0 aromatic carbocycles. The zero-order chi connectivity index (χ0) is 14.9. The maximum Gasteiger partial charge on any atom is 0.435 e. The largest absolute Gasteiger partial charge is 0.442 e. The molecule has 7 nitrogen and oxygen atoms in total. The van der Waals surface area contributed by atoms with E-state index in [4.69, 9.17) is 12.6 Å². The molecule has 1 amide bonds. The SMILES string of the molecule is Cn1cc(C2CC(OI)ON2C(=O)OC(C)(C)C)cn1. The minimum atomic E-state index is -0.580. The molecule has 0 spiro atoms. The normalized spacial score (nSPS) is 23.1. The third-order valence-corrected chi connectivity index (χ3v) is 3.28. The second-order valence-corrected chi connectivity index (χ2v) is 6.14. The topological polar surface area (TPSA) is 65.8 Å². The van der Waals surface area contributed by atoms with Gasteiger partial charge in [-0.15, -0.1) is 0 Å². The van der Waals surface area contributed by atoms with E-state index < -0.39 is 18.0 Å². The fraction of sp³-hybridized carbons (Fsp3) is 0.667. The molecule has 1 aromatic heterocycles. The van der Waals surface area contributed by atoms with Crippen LogP contribution in [0.15, 0.2) is 12.4 Å². The van der Waals surface area contributed by atoms with Gasteiger partial charge in [0.05, 0.1) is 12.2 Å². The first kappa shape index (κ1) is 15.5. The van der Waals surface area contributed by atoms with E-state index >= 15 is 0 Å². The second kappa shape index (κ2) is 5.86. The fourth-order valence-corrected chi connectivity index (χ4v) is 2.24. The van der Waals surface area contributed by atoms with Gasteiger partial charge in [-0.05, 0) is 20.8 Å². The summed E-state index contributed by atoms with van der Waals surface area (Å²) in [4.78, 5) is 17.7. The van der Waals surface area contributed by atoms with Crippen molar-refractivity contribution in [1.82, 2.24) is 14.8 Å². The van der Waals surface area contributed by atoms with Gasteiger partial charge in [0, 0.05) is 25.2 Å². The van der Waals surface area contributed by atoms with Gasteiger partial charge in [0.25, 0.3) is 0 Å². The van der Waals surface area contributed by atoms with Crippen molar-refractivity contribution in [2.45, 2.75) is 45.1 Å².